The van der Waals surface area contributed by atoms with E-state index in [0.717, 1.165) is 11.3 Å². The van der Waals surface area contributed by atoms with Crippen LogP contribution in [0.2, 0.25) is 0 Å². The Kier molecular flexibility index (Phi) is 5.74. The number of nitrogens with one attached hydrogen (secondary N) is 2. The summed E-state index contributed by atoms with van der Waals surface area (Å²) in [7, 11) is 2.80. The van der Waals surface area contributed by atoms with Crippen molar-refractivity contribution in [1.29, 1.82) is 0 Å². The summed E-state index contributed by atoms with van der Waals surface area (Å²) in [5.41, 5.74) is -3.29. The smallest absolute Gasteiger partial charge is 0.437 e. The van der Waals surface area contributed by atoms with E-state index in [-0.39, 0.29) is 16.2 Å². The number of alkyl halides is 3. The molecule has 1 saturated heterocycles. The van der Waals surface area contributed by atoms with Crippen LogP contribution in [0.5, 0.6) is 11.5 Å². The molecule has 3 atom stereocenters. The number of Topliss-reactive ketones (excluding diaryl/α,β-unsaturated/α-hetero) is 1. The minimum absolute atomic E-state index is 0.0829. The fraction of sp³-hybridized carbons (Fsp3) is 0.333. The normalized spacial score (nSPS) is 24.4. The molecule has 1 aromatic carbocycles. The second kappa shape index (κ2) is 7.81. The lowest BCUT2D eigenvalue weighted by atomic mass is 9.78. The van der Waals surface area contributed by atoms with Crippen molar-refractivity contribution in [3.63, 3.8) is 0 Å². The molecule has 6 nitrogen and oxygen atoms in total. The highest BCUT2D eigenvalue weighted by Gasteiger charge is 2.65. The molecule has 2 heterocycles. The molecule has 11 heteroatoms. The Bertz CT molecular complexity index is 920. The van der Waals surface area contributed by atoms with Gasteiger partial charge in [0.05, 0.1) is 25.1 Å². The third kappa shape index (κ3) is 3.77. The third-order valence-corrected chi connectivity index (χ3v) is 5.72. The number of ether oxygens (including phenoxy) is 2. The van der Waals surface area contributed by atoms with Crippen LogP contribution in [0.25, 0.3) is 0 Å². The highest BCUT2D eigenvalue weighted by molar-refractivity contribution is 7.80. The summed E-state index contributed by atoms with van der Waals surface area (Å²) in [6.07, 6.45) is -5.18. The van der Waals surface area contributed by atoms with E-state index in [9.17, 15) is 23.1 Å². The van der Waals surface area contributed by atoms with Gasteiger partial charge in [-0.1, -0.05) is 12.1 Å². The van der Waals surface area contributed by atoms with Crippen LogP contribution in [0, 0.1) is 5.92 Å². The SMILES string of the molecule is COc1ccc([C@H]2NC(=S)N[C@](O)(C(F)(F)F)[C@@H]2C(=O)c2cccs2)cc1OC. The molecule has 0 spiro atoms. The molecule has 0 saturated carbocycles. The van der Waals surface area contributed by atoms with E-state index in [0.29, 0.717) is 5.75 Å². The van der Waals surface area contributed by atoms with E-state index in [1.165, 1.54) is 38.5 Å². The van der Waals surface area contributed by atoms with Gasteiger partial charge in [0.15, 0.2) is 22.4 Å². The first-order valence-electron chi connectivity index (χ1n) is 8.29. The Hall–Kier alpha value is -2.37. The van der Waals surface area contributed by atoms with E-state index in [1.807, 2.05) is 5.32 Å². The van der Waals surface area contributed by atoms with Crippen LogP contribution in [-0.4, -0.2) is 42.1 Å². The second-order valence-electron chi connectivity index (χ2n) is 6.27. The number of thiophene rings is 1. The summed E-state index contributed by atoms with van der Waals surface area (Å²) in [5.74, 6) is -2.21. The number of carbonyl (C=O) groups is 1. The number of rotatable bonds is 5. The van der Waals surface area contributed by atoms with Crippen molar-refractivity contribution in [3.8, 4) is 11.5 Å². The molecule has 1 aromatic heterocycles. The van der Waals surface area contributed by atoms with Crippen molar-refractivity contribution >= 4 is 34.5 Å². The average molecular weight is 446 g/mol. The molecule has 156 valence electrons. The summed E-state index contributed by atoms with van der Waals surface area (Å²) in [6, 6.07) is 6.10. The fourth-order valence-electron chi connectivity index (χ4n) is 3.24. The quantitative estimate of drug-likeness (QED) is 0.481. The average Bonchev–Trinajstić information content (AvgIpc) is 3.20. The summed E-state index contributed by atoms with van der Waals surface area (Å²) in [6.45, 7) is 0. The molecule has 0 unspecified atom stereocenters. The number of benzene rings is 1. The standard InChI is InChI=1S/C18H17F3N2O4S2/c1-26-10-6-5-9(8-11(10)27-2)14-13(15(24)12-4-3-7-29-12)17(25,18(19,20)21)23-16(28)22-14/h3-8,13-14,25H,1-2H3,(H2,22,23,28)/t13-,14+,17+/m0/s1. The van der Waals surface area contributed by atoms with Crippen molar-refractivity contribution in [3.05, 3.63) is 46.2 Å². The molecular formula is C18H17F3N2O4S2. The number of ketones is 1. The molecular weight excluding hydrogens is 429 g/mol. The van der Waals surface area contributed by atoms with Crippen LogP contribution >= 0.6 is 23.6 Å². The van der Waals surface area contributed by atoms with E-state index in [2.05, 4.69) is 5.32 Å². The lowest BCUT2D eigenvalue weighted by Gasteiger charge is -2.46. The number of methoxy groups -OCH3 is 2. The maximum atomic E-state index is 13.9. The maximum absolute atomic E-state index is 13.9. The summed E-state index contributed by atoms with van der Waals surface area (Å²) in [4.78, 5) is 13.1. The summed E-state index contributed by atoms with van der Waals surface area (Å²) in [5, 5.41) is 16.3. The number of hydrogen-bond acceptors (Lipinski definition) is 6. The van der Waals surface area contributed by atoms with Gasteiger partial charge in [-0.25, -0.2) is 0 Å². The predicted molar refractivity (Wildman–Crippen MR) is 104 cm³/mol. The van der Waals surface area contributed by atoms with Crippen LogP contribution in [-0.2, 0) is 0 Å². The number of thiocarbonyl (C=S) groups is 1. The first kappa shape index (κ1) is 21.3. The van der Waals surface area contributed by atoms with Gasteiger partial charge in [-0.2, -0.15) is 13.2 Å². The predicted octanol–water partition coefficient (Wildman–Crippen LogP) is 3.03. The van der Waals surface area contributed by atoms with Gasteiger partial charge in [0.25, 0.3) is 0 Å². The lowest BCUT2D eigenvalue weighted by Crippen LogP contribution is -2.72. The molecule has 0 aliphatic carbocycles. The van der Waals surface area contributed by atoms with Gasteiger partial charge in [0.2, 0.25) is 5.72 Å². The van der Waals surface area contributed by atoms with Crippen molar-refractivity contribution in [1.82, 2.24) is 10.6 Å². The number of hydrogen-bond donors (Lipinski definition) is 3. The van der Waals surface area contributed by atoms with Crippen LogP contribution in [0.15, 0.2) is 35.7 Å². The number of aliphatic hydroxyl groups is 1. The molecule has 29 heavy (non-hydrogen) atoms. The minimum Gasteiger partial charge on any atom is -0.493 e. The molecule has 0 amide bonds. The fourth-order valence-corrected chi connectivity index (χ4v) is 4.22. The van der Waals surface area contributed by atoms with E-state index >= 15 is 0 Å². The molecule has 0 radical (unpaired) electrons. The molecule has 1 aliphatic rings. The molecule has 2 aromatic rings. The summed E-state index contributed by atoms with van der Waals surface area (Å²) >= 11 is 5.89. The van der Waals surface area contributed by atoms with Gasteiger partial charge in [-0.05, 0) is 41.4 Å². The molecule has 1 aliphatic heterocycles. The van der Waals surface area contributed by atoms with Gasteiger partial charge in [-0.3, -0.25) is 4.79 Å². The maximum Gasteiger partial charge on any atom is 0.437 e. The first-order chi connectivity index (χ1) is 13.6. The van der Waals surface area contributed by atoms with Gasteiger partial charge < -0.3 is 25.2 Å². The molecule has 1 fully saturated rings. The lowest BCUT2D eigenvalue weighted by molar-refractivity contribution is -0.285. The van der Waals surface area contributed by atoms with E-state index in [4.69, 9.17) is 21.7 Å². The number of carbonyl (C=O) groups excluding carboxylic acids is 1. The zero-order valence-corrected chi connectivity index (χ0v) is 16.9. The summed E-state index contributed by atoms with van der Waals surface area (Å²) < 4.78 is 52.1. The molecule has 0 bridgehead atoms. The van der Waals surface area contributed by atoms with Crippen LogP contribution in [0.3, 0.4) is 0 Å². The Morgan fingerprint density at radius 3 is 2.48 bits per heavy atom. The zero-order chi connectivity index (χ0) is 21.4. The van der Waals surface area contributed by atoms with Crippen molar-refractivity contribution in [2.24, 2.45) is 5.92 Å². The largest absolute Gasteiger partial charge is 0.493 e. The Morgan fingerprint density at radius 2 is 1.93 bits per heavy atom. The number of halogens is 3. The van der Waals surface area contributed by atoms with E-state index < -0.39 is 34.8 Å². The molecule has 3 rings (SSSR count). The van der Waals surface area contributed by atoms with Crippen molar-refractivity contribution < 1.29 is 32.5 Å². The Morgan fingerprint density at radius 1 is 1.24 bits per heavy atom. The van der Waals surface area contributed by atoms with Crippen molar-refractivity contribution in [2.45, 2.75) is 17.9 Å². The minimum atomic E-state index is -5.18. The topological polar surface area (TPSA) is 79.8 Å². The molecule has 3 N–H and O–H groups in total. The van der Waals surface area contributed by atoms with Gasteiger partial charge in [0.1, 0.15) is 5.92 Å². The highest BCUT2D eigenvalue weighted by atomic mass is 32.1. The van der Waals surface area contributed by atoms with E-state index in [1.54, 1.807) is 11.4 Å². The van der Waals surface area contributed by atoms with Gasteiger partial charge in [-0.15, -0.1) is 11.3 Å². The van der Waals surface area contributed by atoms with Crippen molar-refractivity contribution in [2.75, 3.05) is 14.2 Å². The Labute approximate surface area is 173 Å². The van der Waals surface area contributed by atoms with Crippen LogP contribution in [0.1, 0.15) is 21.3 Å². The first-order valence-corrected chi connectivity index (χ1v) is 9.58. The van der Waals surface area contributed by atoms with Crippen LogP contribution in [0.4, 0.5) is 13.2 Å². The van der Waals surface area contributed by atoms with Gasteiger partial charge in [0, 0.05) is 0 Å². The highest BCUT2D eigenvalue weighted by Crippen LogP contribution is 2.45. The second-order valence-corrected chi connectivity index (χ2v) is 7.63. The third-order valence-electron chi connectivity index (χ3n) is 4.62. The Balaban J connectivity index is 2.17. The zero-order valence-electron chi connectivity index (χ0n) is 15.2. The van der Waals surface area contributed by atoms with Crippen LogP contribution < -0.4 is 20.1 Å². The monoisotopic (exact) mass is 446 g/mol. The van der Waals surface area contributed by atoms with Gasteiger partial charge >= 0.3 is 6.18 Å².